The Kier molecular flexibility index (Phi) is 9.77. The maximum Gasteiger partial charge on any atom is 0.331 e. The van der Waals surface area contributed by atoms with E-state index in [4.69, 9.17) is 0 Å². The van der Waals surface area contributed by atoms with Crippen LogP contribution < -0.4 is 16.6 Å². The van der Waals surface area contributed by atoms with E-state index in [0.29, 0.717) is 37.7 Å². The third-order valence-electron chi connectivity index (χ3n) is 6.80. The lowest BCUT2D eigenvalue weighted by atomic mass is 9.71. The molecule has 36 heavy (non-hydrogen) atoms. The summed E-state index contributed by atoms with van der Waals surface area (Å²) < 4.78 is 2.96. The lowest BCUT2D eigenvalue weighted by Gasteiger charge is -2.35. The summed E-state index contributed by atoms with van der Waals surface area (Å²) in [4.78, 5) is 30.0. The van der Waals surface area contributed by atoms with Crippen LogP contribution in [0.15, 0.2) is 70.5 Å². The molecule has 1 fully saturated rings. The van der Waals surface area contributed by atoms with E-state index in [1.807, 2.05) is 62.4 Å². The van der Waals surface area contributed by atoms with Crippen molar-refractivity contribution in [2.45, 2.75) is 77.4 Å². The fraction of sp³-hybridized carbons (Fsp3) is 0.448. The van der Waals surface area contributed by atoms with Gasteiger partial charge in [-0.05, 0) is 63.3 Å². The van der Waals surface area contributed by atoms with Crippen LogP contribution >= 0.6 is 0 Å². The molecule has 3 aromatic rings. The van der Waals surface area contributed by atoms with Crippen LogP contribution in [0.4, 0.5) is 0 Å². The van der Waals surface area contributed by atoms with Crippen molar-refractivity contribution in [1.29, 1.82) is 5.26 Å². The Morgan fingerprint density at radius 2 is 1.78 bits per heavy atom. The second kappa shape index (κ2) is 13.0. The number of pyridine rings is 1. The van der Waals surface area contributed by atoms with Crippen LogP contribution in [0.5, 0.6) is 0 Å². The Morgan fingerprint density at radius 1 is 1.08 bits per heavy atom. The highest BCUT2D eigenvalue weighted by atomic mass is 16.2. The van der Waals surface area contributed by atoms with Gasteiger partial charge in [-0.25, -0.2) is 4.79 Å². The predicted molar refractivity (Wildman–Crippen MR) is 143 cm³/mol. The molecule has 2 aromatic heterocycles. The minimum absolute atomic E-state index is 0.221. The molecule has 0 unspecified atom stereocenters. The van der Waals surface area contributed by atoms with Gasteiger partial charge in [0.2, 0.25) is 0 Å². The Hall–Kier alpha value is -3.50. The molecule has 1 aliphatic carbocycles. The number of rotatable bonds is 8. The van der Waals surface area contributed by atoms with Crippen molar-refractivity contribution >= 4 is 0 Å². The normalized spacial score (nSPS) is 19.1. The summed E-state index contributed by atoms with van der Waals surface area (Å²) in [6.07, 6.45) is 7.44. The highest BCUT2D eigenvalue weighted by molar-refractivity contribution is 5.27. The van der Waals surface area contributed by atoms with Gasteiger partial charge in [0, 0.05) is 30.5 Å². The molecule has 0 atom stereocenters. The Balaban J connectivity index is 0.00000176. The van der Waals surface area contributed by atoms with Gasteiger partial charge in [0.05, 0.1) is 23.7 Å². The Bertz CT molecular complexity index is 1250. The van der Waals surface area contributed by atoms with Crippen LogP contribution in [0.3, 0.4) is 0 Å². The van der Waals surface area contributed by atoms with Gasteiger partial charge in [-0.2, -0.15) is 5.26 Å². The van der Waals surface area contributed by atoms with Crippen molar-refractivity contribution in [1.82, 2.24) is 19.4 Å². The van der Waals surface area contributed by atoms with E-state index in [2.05, 4.69) is 16.4 Å². The first-order valence-corrected chi connectivity index (χ1v) is 12.9. The number of nitrogens with zero attached hydrogens (tertiary/aromatic N) is 4. The van der Waals surface area contributed by atoms with Crippen LogP contribution in [0.1, 0.15) is 62.8 Å². The van der Waals surface area contributed by atoms with E-state index >= 15 is 0 Å². The number of aromatic nitrogens is 3. The van der Waals surface area contributed by atoms with Crippen molar-refractivity contribution in [3.8, 4) is 6.07 Å². The average molecular weight is 488 g/mol. The lowest BCUT2D eigenvalue weighted by molar-refractivity contribution is 0.289. The van der Waals surface area contributed by atoms with Crippen LogP contribution in [0.25, 0.3) is 0 Å². The van der Waals surface area contributed by atoms with Crippen LogP contribution in [0, 0.1) is 18.3 Å². The first-order valence-electron chi connectivity index (χ1n) is 12.9. The van der Waals surface area contributed by atoms with Crippen molar-refractivity contribution in [2.75, 3.05) is 6.54 Å². The molecule has 0 saturated heterocycles. The first kappa shape index (κ1) is 27.1. The molecule has 0 radical (unpaired) electrons. The molecule has 0 aliphatic heterocycles. The topological polar surface area (TPSA) is 92.7 Å². The molecule has 1 saturated carbocycles. The fourth-order valence-electron chi connectivity index (χ4n) is 4.82. The Morgan fingerprint density at radius 3 is 2.42 bits per heavy atom. The van der Waals surface area contributed by atoms with E-state index in [1.54, 1.807) is 23.9 Å². The van der Waals surface area contributed by atoms with Gasteiger partial charge in [-0.1, -0.05) is 50.2 Å². The predicted octanol–water partition coefficient (Wildman–Crippen LogP) is 4.17. The van der Waals surface area contributed by atoms with Gasteiger partial charge >= 0.3 is 5.69 Å². The van der Waals surface area contributed by atoms with Crippen molar-refractivity contribution in [3.63, 3.8) is 0 Å². The second-order valence-corrected chi connectivity index (χ2v) is 9.16. The number of hydrogen-bond donors (Lipinski definition) is 1. The summed E-state index contributed by atoms with van der Waals surface area (Å²) in [6, 6.07) is 18.4. The lowest BCUT2D eigenvalue weighted by Crippen LogP contribution is -2.42. The first-order chi connectivity index (χ1) is 17.5. The van der Waals surface area contributed by atoms with Crippen LogP contribution in [-0.4, -0.2) is 26.7 Å². The molecule has 7 heteroatoms. The highest BCUT2D eigenvalue weighted by Gasteiger charge is 2.38. The van der Waals surface area contributed by atoms with E-state index in [1.165, 1.54) is 4.57 Å². The molecule has 1 aromatic carbocycles. The molecule has 7 nitrogen and oxygen atoms in total. The zero-order valence-electron chi connectivity index (χ0n) is 21.6. The van der Waals surface area contributed by atoms with E-state index in [-0.39, 0.29) is 11.2 Å². The second-order valence-electron chi connectivity index (χ2n) is 9.16. The van der Waals surface area contributed by atoms with E-state index in [9.17, 15) is 14.9 Å². The minimum atomic E-state index is -0.502. The number of benzene rings is 1. The summed E-state index contributed by atoms with van der Waals surface area (Å²) in [5.41, 5.74) is 1.46. The molecular weight excluding hydrogens is 450 g/mol. The minimum Gasteiger partial charge on any atom is -0.314 e. The maximum absolute atomic E-state index is 13.0. The van der Waals surface area contributed by atoms with E-state index in [0.717, 1.165) is 36.9 Å². The third kappa shape index (κ3) is 6.38. The van der Waals surface area contributed by atoms with Gasteiger partial charge < -0.3 is 5.32 Å². The molecule has 2 heterocycles. The molecule has 0 amide bonds. The largest absolute Gasteiger partial charge is 0.331 e. The van der Waals surface area contributed by atoms with Crippen LogP contribution in [-0.2, 0) is 18.5 Å². The van der Waals surface area contributed by atoms with E-state index < -0.39 is 5.41 Å². The monoisotopic (exact) mass is 487 g/mol. The fourth-order valence-corrected chi connectivity index (χ4v) is 4.82. The molecule has 1 N–H and O–H groups in total. The summed E-state index contributed by atoms with van der Waals surface area (Å²) in [6.45, 7) is 7.29. The van der Waals surface area contributed by atoms with Crippen molar-refractivity contribution in [3.05, 3.63) is 98.6 Å². The van der Waals surface area contributed by atoms with Gasteiger partial charge in [0.1, 0.15) is 0 Å². The summed E-state index contributed by atoms with van der Waals surface area (Å²) in [7, 11) is 0. The molecule has 0 bridgehead atoms. The SMILES string of the molecule is CC.Cc1cn(Cc2ccccc2)c(=O)n(CCCNC2CCC(C#N)(c3ccccn3)CC2)c1=O. The van der Waals surface area contributed by atoms with Gasteiger partial charge in [0.15, 0.2) is 0 Å². The number of nitriles is 1. The van der Waals surface area contributed by atoms with Gasteiger partial charge in [-0.3, -0.25) is 18.9 Å². The van der Waals surface area contributed by atoms with Gasteiger partial charge in [-0.15, -0.1) is 0 Å². The van der Waals surface area contributed by atoms with Crippen molar-refractivity contribution in [2.24, 2.45) is 0 Å². The summed E-state index contributed by atoms with van der Waals surface area (Å²) in [5.74, 6) is 0. The molecule has 190 valence electrons. The number of hydrogen-bond acceptors (Lipinski definition) is 5. The molecule has 0 spiro atoms. The number of aryl methyl sites for hydroxylation is 1. The summed E-state index contributed by atoms with van der Waals surface area (Å²) >= 11 is 0. The quantitative estimate of drug-likeness (QED) is 0.482. The smallest absolute Gasteiger partial charge is 0.314 e. The molecule has 1 aliphatic rings. The summed E-state index contributed by atoms with van der Waals surface area (Å²) in [5, 5.41) is 13.4. The molecule has 4 rings (SSSR count). The zero-order chi connectivity index (χ0) is 26.0. The van der Waals surface area contributed by atoms with Crippen LogP contribution in [0.2, 0.25) is 0 Å². The molecular formula is C29H37N5O2. The van der Waals surface area contributed by atoms with Crippen molar-refractivity contribution < 1.29 is 0 Å². The van der Waals surface area contributed by atoms with Gasteiger partial charge in [0.25, 0.3) is 5.56 Å². The zero-order valence-corrected chi connectivity index (χ0v) is 21.6. The Labute approximate surface area is 213 Å². The number of nitrogens with one attached hydrogen (secondary N) is 1. The third-order valence-corrected chi connectivity index (χ3v) is 6.80. The average Bonchev–Trinajstić information content (AvgIpc) is 2.94. The highest BCUT2D eigenvalue weighted by Crippen LogP contribution is 2.37. The standard InChI is InChI=1S/C27H31N5O2.C2H6/c1-21-18-31(19-22-8-3-2-4-9-22)26(34)32(25(21)33)17-7-16-29-23-11-13-27(20-28,14-12-23)24-10-5-6-15-30-24;1-2/h2-6,8-10,15,18,23,29H,7,11-14,16-17,19H2,1H3;1-2H3. The maximum atomic E-state index is 13.0.